The van der Waals surface area contributed by atoms with E-state index in [9.17, 15) is 0 Å². The quantitative estimate of drug-likeness (QED) is 0.290. The van der Waals surface area contributed by atoms with Crippen LogP contribution in [0, 0.1) is 0 Å². The van der Waals surface area contributed by atoms with E-state index in [1.165, 1.54) is 0 Å². The Morgan fingerprint density at radius 3 is 1.73 bits per heavy atom. The number of hydrogen-bond acceptors (Lipinski definition) is 2. The van der Waals surface area contributed by atoms with Gasteiger partial charge in [0.05, 0.1) is 0 Å². The number of halogens is 2. The molecule has 0 amide bonds. The van der Waals surface area contributed by atoms with Crippen molar-refractivity contribution in [3.8, 4) is 0 Å². The van der Waals surface area contributed by atoms with Crippen molar-refractivity contribution in [3.63, 3.8) is 0 Å². The fourth-order valence-corrected chi connectivity index (χ4v) is 8.78. The van der Waals surface area contributed by atoms with Gasteiger partial charge >= 0.3 is 93.0 Å². The average Bonchev–Trinajstić information content (AvgIpc) is 1.97. The molecule has 0 fully saturated rings. The minimum absolute atomic E-state index is 0.588. The molecule has 0 aromatic rings. The topological polar surface area (TPSA) is 18.5 Å². The summed E-state index contributed by atoms with van der Waals surface area (Å²) in [5.41, 5.74) is 0. The molecule has 0 heterocycles. The predicted octanol–water partition coefficient (Wildman–Crippen LogP) is 3.08. The van der Waals surface area contributed by atoms with E-state index < -0.39 is 12.5 Å². The molecule has 0 aliphatic carbocycles. The molecule has 0 atom stereocenters. The zero-order valence-corrected chi connectivity index (χ0v) is 14.0. The molecule has 0 aromatic carbocycles. The van der Waals surface area contributed by atoms with Crippen LogP contribution in [-0.2, 0) is 18.2 Å². The Labute approximate surface area is 91.5 Å². The normalized spacial score (nSPS) is 11.1. The molecular weight excluding hydrogens is 536 g/mol. The van der Waals surface area contributed by atoms with Crippen molar-refractivity contribution < 1.29 is 18.2 Å². The van der Waals surface area contributed by atoms with Crippen LogP contribution < -0.4 is 0 Å². The summed E-state index contributed by atoms with van der Waals surface area (Å²) in [5.74, 6) is 0. The van der Waals surface area contributed by atoms with Gasteiger partial charge in [-0.3, -0.25) is 0 Å². The van der Waals surface area contributed by atoms with Gasteiger partial charge < -0.3 is 0 Å². The second-order valence-corrected chi connectivity index (χ2v) is 47.2. The fraction of sp³-hybridized carbons (Fsp3) is 0.333. The van der Waals surface area contributed by atoms with E-state index in [1.54, 1.807) is 12.2 Å². The van der Waals surface area contributed by atoms with Crippen LogP contribution in [0.2, 0.25) is 0 Å². The SMILES string of the molecule is C=CC[O][Hf]([I])([I])[O]CC=C. The van der Waals surface area contributed by atoms with Gasteiger partial charge in [0, 0.05) is 0 Å². The third-order valence-corrected chi connectivity index (χ3v) is 14.5. The Morgan fingerprint density at radius 1 is 1.09 bits per heavy atom. The summed E-state index contributed by atoms with van der Waals surface area (Å²) in [4.78, 5) is 0. The predicted molar refractivity (Wildman–Crippen MR) is 60.3 cm³/mol. The molecule has 0 bridgehead atoms. The molecule has 0 aliphatic rings. The van der Waals surface area contributed by atoms with Gasteiger partial charge in [-0.2, -0.15) is 0 Å². The molecule has 0 spiro atoms. The first-order valence-electron chi connectivity index (χ1n) is 3.00. The van der Waals surface area contributed by atoms with Gasteiger partial charge in [-0.25, -0.2) is 0 Å². The first-order chi connectivity index (χ1) is 5.12. The summed E-state index contributed by atoms with van der Waals surface area (Å²) in [6.07, 6.45) is 3.48. The molecule has 2 nitrogen and oxygen atoms in total. The zero-order valence-electron chi connectivity index (χ0n) is 6.06. The van der Waals surface area contributed by atoms with Crippen molar-refractivity contribution in [1.29, 1.82) is 0 Å². The fourth-order valence-electron chi connectivity index (χ4n) is 0.354. The van der Waals surface area contributed by atoms with Crippen LogP contribution in [0.25, 0.3) is 0 Å². The summed E-state index contributed by atoms with van der Waals surface area (Å²) in [7, 11) is 0. The summed E-state index contributed by atoms with van der Waals surface area (Å²) >= 11 is 1.83. The summed E-state index contributed by atoms with van der Waals surface area (Å²) < 4.78 is 11.0. The van der Waals surface area contributed by atoms with E-state index in [-0.39, 0.29) is 0 Å². The molecule has 0 saturated heterocycles. The molecule has 0 rings (SSSR count). The molecule has 0 aliphatic heterocycles. The van der Waals surface area contributed by atoms with Crippen LogP contribution in [-0.4, -0.2) is 13.2 Å². The van der Waals surface area contributed by atoms with Gasteiger partial charge in [-0.1, -0.05) is 0 Å². The zero-order chi connectivity index (χ0) is 8.74. The van der Waals surface area contributed by atoms with Crippen LogP contribution in [0.15, 0.2) is 25.3 Å². The molecule has 64 valence electrons. The van der Waals surface area contributed by atoms with Crippen molar-refractivity contribution in [3.05, 3.63) is 25.3 Å². The Balaban J connectivity index is 3.59. The first kappa shape index (κ1) is 12.7. The maximum absolute atomic E-state index is 5.49. The standard InChI is InChI=1S/2C3H5O.Hf.2HI/c2*1-2-3-4;;;/h2*2H,1,3H2;;2*1H/q2*-1;+4;;/p-2. The van der Waals surface area contributed by atoms with E-state index in [0.29, 0.717) is 13.2 Å². The van der Waals surface area contributed by atoms with Crippen LogP contribution in [0.4, 0.5) is 0 Å². The van der Waals surface area contributed by atoms with E-state index in [1.807, 2.05) is 0 Å². The molecule has 11 heavy (non-hydrogen) atoms. The second-order valence-electron chi connectivity index (χ2n) is 1.66. The monoisotopic (exact) mass is 548 g/mol. The molecule has 0 radical (unpaired) electrons. The Bertz CT molecular complexity index is 125. The minimum atomic E-state index is -2.76. The van der Waals surface area contributed by atoms with Crippen LogP contribution in [0.5, 0.6) is 0 Å². The molecule has 0 saturated carbocycles. The van der Waals surface area contributed by atoms with Gasteiger partial charge in [0.15, 0.2) is 0 Å². The van der Waals surface area contributed by atoms with Crippen molar-refractivity contribution >= 4 is 36.3 Å². The van der Waals surface area contributed by atoms with Gasteiger partial charge in [-0.05, 0) is 0 Å². The van der Waals surface area contributed by atoms with Crippen molar-refractivity contribution in [2.24, 2.45) is 0 Å². The van der Waals surface area contributed by atoms with Crippen LogP contribution >= 0.6 is 36.3 Å². The maximum atomic E-state index is 5.49. The number of hydrogen-bond donors (Lipinski definition) is 0. The first-order valence-corrected chi connectivity index (χ1v) is 26.3. The Hall–Kier alpha value is 1.73. The van der Waals surface area contributed by atoms with Crippen molar-refractivity contribution in [1.82, 2.24) is 0 Å². The third-order valence-electron chi connectivity index (χ3n) is 0.738. The Morgan fingerprint density at radius 2 is 1.45 bits per heavy atom. The summed E-state index contributed by atoms with van der Waals surface area (Å²) in [6, 6.07) is 0. The van der Waals surface area contributed by atoms with E-state index in [2.05, 4.69) is 49.4 Å². The van der Waals surface area contributed by atoms with E-state index in [0.717, 1.165) is 0 Å². The molecule has 0 N–H and O–H groups in total. The summed E-state index contributed by atoms with van der Waals surface area (Å²) in [5, 5.41) is 0. The van der Waals surface area contributed by atoms with Crippen molar-refractivity contribution in [2.45, 2.75) is 0 Å². The van der Waals surface area contributed by atoms with E-state index >= 15 is 0 Å². The molecule has 0 unspecified atom stereocenters. The van der Waals surface area contributed by atoms with Crippen molar-refractivity contribution in [2.75, 3.05) is 13.2 Å². The van der Waals surface area contributed by atoms with Gasteiger partial charge in [-0.15, -0.1) is 0 Å². The van der Waals surface area contributed by atoms with Gasteiger partial charge in [0.2, 0.25) is 0 Å². The average molecular weight is 546 g/mol. The van der Waals surface area contributed by atoms with Crippen LogP contribution in [0.3, 0.4) is 0 Å². The second kappa shape index (κ2) is 7.16. The van der Waals surface area contributed by atoms with Gasteiger partial charge in [0.25, 0.3) is 0 Å². The van der Waals surface area contributed by atoms with Gasteiger partial charge in [0.1, 0.15) is 0 Å². The Kier molecular flexibility index (Phi) is 8.29. The third kappa shape index (κ3) is 8.07. The molecule has 5 heteroatoms. The van der Waals surface area contributed by atoms with E-state index in [4.69, 9.17) is 5.71 Å². The van der Waals surface area contributed by atoms with Crippen LogP contribution in [0.1, 0.15) is 0 Å². The number of rotatable bonds is 6. The molecular formula is C6H10HfI2O2. The molecule has 0 aromatic heterocycles. The summed E-state index contributed by atoms with van der Waals surface area (Å²) in [6.45, 7) is 8.32.